The number of hydrazone groups is 1. The van der Waals surface area contributed by atoms with Crippen LogP contribution in [0.4, 0.5) is 0 Å². The number of carbonyl (C=O) groups is 3. The van der Waals surface area contributed by atoms with Crippen LogP contribution in [0.25, 0.3) is 0 Å². The summed E-state index contributed by atoms with van der Waals surface area (Å²) in [4.78, 5) is 38.5. The number of sulfone groups is 1. The van der Waals surface area contributed by atoms with Crippen molar-refractivity contribution in [3.8, 4) is 0 Å². The molecule has 0 aromatic rings. The maximum atomic E-state index is 12.8. The summed E-state index contributed by atoms with van der Waals surface area (Å²) in [5, 5.41) is 8.14. The average molecular weight is 401 g/mol. The van der Waals surface area contributed by atoms with Crippen molar-refractivity contribution in [3.63, 3.8) is 0 Å². The van der Waals surface area contributed by atoms with Crippen molar-refractivity contribution in [1.82, 2.24) is 15.2 Å². The number of amides is 3. The lowest BCUT2D eigenvalue weighted by Crippen LogP contribution is -2.50. The second-order valence-corrected chi connectivity index (χ2v) is 10.2. The molecule has 27 heavy (non-hydrogen) atoms. The maximum absolute atomic E-state index is 12.8. The van der Waals surface area contributed by atoms with Crippen LogP contribution in [0.2, 0.25) is 0 Å². The largest absolute Gasteiger partial charge is 0.350 e. The lowest BCUT2D eigenvalue weighted by atomic mass is 10.1. The van der Waals surface area contributed by atoms with Crippen molar-refractivity contribution in [2.45, 2.75) is 58.5 Å². The summed E-state index contributed by atoms with van der Waals surface area (Å²) in [5.74, 6) is -1.06. The van der Waals surface area contributed by atoms with Crippen molar-refractivity contribution in [1.29, 1.82) is 0 Å². The first-order valence-electron chi connectivity index (χ1n) is 9.12. The normalized spacial score (nSPS) is 22.4. The predicted molar refractivity (Wildman–Crippen MR) is 101 cm³/mol. The van der Waals surface area contributed by atoms with Gasteiger partial charge in [0.2, 0.25) is 11.8 Å². The van der Waals surface area contributed by atoms with Crippen molar-refractivity contribution in [2.24, 2.45) is 5.10 Å². The van der Waals surface area contributed by atoms with E-state index in [0.717, 1.165) is 5.01 Å². The summed E-state index contributed by atoms with van der Waals surface area (Å²) in [6.07, 6.45) is 0.614. The van der Waals surface area contributed by atoms with Gasteiger partial charge in [0.15, 0.2) is 9.84 Å². The third kappa shape index (κ3) is 5.75. The van der Waals surface area contributed by atoms with E-state index >= 15 is 0 Å². The van der Waals surface area contributed by atoms with Crippen molar-refractivity contribution in [2.75, 3.05) is 24.6 Å². The van der Waals surface area contributed by atoms with Gasteiger partial charge in [-0.2, -0.15) is 5.10 Å². The zero-order valence-electron chi connectivity index (χ0n) is 16.3. The fourth-order valence-electron chi connectivity index (χ4n) is 3.12. The molecule has 152 valence electrons. The maximum Gasteiger partial charge on any atom is 0.270 e. The van der Waals surface area contributed by atoms with Gasteiger partial charge < -0.3 is 10.2 Å². The van der Waals surface area contributed by atoms with Gasteiger partial charge in [-0.3, -0.25) is 14.4 Å². The van der Waals surface area contributed by atoms with Crippen LogP contribution in [0.3, 0.4) is 0 Å². The number of nitrogens with zero attached hydrogens (tertiary/aromatic N) is 3. The van der Waals surface area contributed by atoms with E-state index in [-0.39, 0.29) is 48.4 Å². The molecule has 0 aliphatic carbocycles. The van der Waals surface area contributed by atoms with E-state index in [9.17, 15) is 22.8 Å². The molecule has 1 saturated heterocycles. The summed E-state index contributed by atoms with van der Waals surface area (Å²) < 4.78 is 23.4. The highest BCUT2D eigenvalue weighted by molar-refractivity contribution is 7.91. The van der Waals surface area contributed by atoms with Gasteiger partial charge >= 0.3 is 0 Å². The fourth-order valence-corrected chi connectivity index (χ4v) is 4.81. The molecule has 0 aromatic heterocycles. The summed E-state index contributed by atoms with van der Waals surface area (Å²) in [6, 6.07) is -0.523. The van der Waals surface area contributed by atoms with Crippen LogP contribution >= 0.6 is 0 Å². The second kappa shape index (κ2) is 7.95. The third-order valence-electron chi connectivity index (χ3n) is 4.38. The summed E-state index contributed by atoms with van der Waals surface area (Å²) in [7, 11) is -3.17. The van der Waals surface area contributed by atoms with Crippen LogP contribution in [-0.4, -0.2) is 77.9 Å². The first kappa shape index (κ1) is 21.3. The van der Waals surface area contributed by atoms with E-state index in [0.29, 0.717) is 13.0 Å². The zero-order chi connectivity index (χ0) is 20.4. The monoisotopic (exact) mass is 400 g/mol. The Morgan fingerprint density at radius 1 is 1.30 bits per heavy atom. The average Bonchev–Trinajstić information content (AvgIpc) is 2.90. The van der Waals surface area contributed by atoms with Gasteiger partial charge in [0.1, 0.15) is 5.71 Å². The Labute approximate surface area is 160 Å². The highest BCUT2D eigenvalue weighted by atomic mass is 32.2. The molecule has 2 heterocycles. The van der Waals surface area contributed by atoms with Gasteiger partial charge in [-0.25, -0.2) is 13.4 Å². The molecule has 0 spiro atoms. The Morgan fingerprint density at radius 2 is 1.96 bits per heavy atom. The molecule has 0 saturated carbocycles. The molecular formula is C17H28N4O5S. The number of carbonyl (C=O) groups excluding carboxylic acids is 3. The number of likely N-dealkylation sites (N-methyl/N-ethyl adjacent to an activating group) is 1. The Bertz CT molecular complexity index is 754. The molecule has 1 N–H and O–H groups in total. The number of rotatable bonds is 5. The summed E-state index contributed by atoms with van der Waals surface area (Å²) in [6.45, 7) is 7.55. The molecule has 3 amide bonds. The standard InChI is InChI=1S/C17H28N4O5S/c1-5-20(10-14(22)18-17(2,3)4)16(24)13-6-7-15(23)21(19-13)12-8-9-27(25,26)11-12/h12H,5-11H2,1-4H3,(H,18,22)/t12-/m1/s1. The predicted octanol–water partition coefficient (Wildman–Crippen LogP) is -0.0849. The molecule has 1 fully saturated rings. The highest BCUT2D eigenvalue weighted by Gasteiger charge is 2.38. The van der Waals surface area contributed by atoms with Crippen LogP contribution in [0.15, 0.2) is 5.10 Å². The van der Waals surface area contributed by atoms with Crippen LogP contribution in [0, 0.1) is 0 Å². The Balaban J connectivity index is 2.12. The minimum Gasteiger partial charge on any atom is -0.350 e. The molecule has 0 radical (unpaired) electrons. The van der Waals surface area contributed by atoms with Crippen molar-refractivity contribution >= 4 is 33.3 Å². The molecular weight excluding hydrogens is 372 g/mol. The van der Waals surface area contributed by atoms with Gasteiger partial charge in [0.25, 0.3) is 5.91 Å². The Hall–Kier alpha value is -1.97. The second-order valence-electron chi connectivity index (χ2n) is 7.96. The van der Waals surface area contributed by atoms with E-state index in [1.807, 2.05) is 20.8 Å². The molecule has 2 aliphatic rings. The third-order valence-corrected chi connectivity index (χ3v) is 6.13. The molecule has 10 heteroatoms. The minimum absolute atomic E-state index is 0.0221. The zero-order valence-corrected chi connectivity index (χ0v) is 17.1. The van der Waals surface area contributed by atoms with Crippen molar-refractivity contribution < 1.29 is 22.8 Å². The molecule has 0 unspecified atom stereocenters. The lowest BCUT2D eigenvalue weighted by Gasteiger charge is -2.30. The van der Waals surface area contributed by atoms with Gasteiger partial charge in [0.05, 0.1) is 24.1 Å². The SMILES string of the molecule is CCN(CC(=O)NC(C)(C)C)C(=O)C1=NN([C@@H]2CCS(=O)(=O)C2)C(=O)CC1. The molecule has 0 bridgehead atoms. The van der Waals surface area contributed by atoms with Gasteiger partial charge in [-0.1, -0.05) is 0 Å². The fraction of sp³-hybridized carbons (Fsp3) is 0.765. The van der Waals surface area contributed by atoms with Gasteiger partial charge in [-0.05, 0) is 34.1 Å². The lowest BCUT2D eigenvalue weighted by molar-refractivity contribution is -0.135. The molecule has 1 atom stereocenters. The Morgan fingerprint density at radius 3 is 2.48 bits per heavy atom. The molecule has 9 nitrogen and oxygen atoms in total. The number of hydrogen-bond donors (Lipinski definition) is 1. The highest BCUT2D eigenvalue weighted by Crippen LogP contribution is 2.22. The first-order chi connectivity index (χ1) is 12.4. The van der Waals surface area contributed by atoms with E-state index in [4.69, 9.17) is 0 Å². The number of nitrogens with one attached hydrogen (secondary N) is 1. The van der Waals surface area contributed by atoms with E-state index in [1.165, 1.54) is 4.90 Å². The molecule has 2 aliphatic heterocycles. The van der Waals surface area contributed by atoms with Crippen molar-refractivity contribution in [3.05, 3.63) is 0 Å². The quantitative estimate of drug-likeness (QED) is 0.693. The van der Waals surface area contributed by atoms with E-state index in [1.54, 1.807) is 6.92 Å². The van der Waals surface area contributed by atoms with Crippen LogP contribution in [0.5, 0.6) is 0 Å². The van der Waals surface area contributed by atoms with Crippen LogP contribution in [-0.2, 0) is 24.2 Å². The summed E-state index contributed by atoms with van der Waals surface area (Å²) in [5.41, 5.74) is -0.219. The summed E-state index contributed by atoms with van der Waals surface area (Å²) >= 11 is 0. The topological polar surface area (TPSA) is 116 Å². The van der Waals surface area contributed by atoms with Crippen LogP contribution in [0.1, 0.15) is 47.0 Å². The first-order valence-corrected chi connectivity index (χ1v) is 10.9. The van der Waals surface area contributed by atoms with Gasteiger partial charge in [-0.15, -0.1) is 0 Å². The smallest absolute Gasteiger partial charge is 0.270 e. The minimum atomic E-state index is -3.17. The van der Waals surface area contributed by atoms with Gasteiger partial charge in [0, 0.05) is 24.9 Å². The van der Waals surface area contributed by atoms with Crippen LogP contribution < -0.4 is 5.32 Å². The Kier molecular flexibility index (Phi) is 6.28. The number of hydrogen-bond acceptors (Lipinski definition) is 6. The molecule has 0 aromatic carbocycles. The molecule has 2 rings (SSSR count). The van der Waals surface area contributed by atoms with E-state index < -0.39 is 27.3 Å². The van der Waals surface area contributed by atoms with E-state index in [2.05, 4.69) is 10.4 Å².